The summed E-state index contributed by atoms with van der Waals surface area (Å²) in [6.07, 6.45) is 6.70. The van der Waals surface area contributed by atoms with Crippen LogP contribution >= 0.6 is 11.8 Å². The first kappa shape index (κ1) is 7.61. The van der Waals surface area contributed by atoms with E-state index in [2.05, 4.69) is 6.08 Å². The highest BCUT2D eigenvalue weighted by atomic mass is 32.2. The van der Waals surface area contributed by atoms with Gasteiger partial charge in [-0.1, -0.05) is 18.2 Å². The van der Waals surface area contributed by atoms with E-state index >= 15 is 0 Å². The van der Waals surface area contributed by atoms with E-state index in [1.807, 2.05) is 17.6 Å². The van der Waals surface area contributed by atoms with Crippen molar-refractivity contribution in [3.05, 3.63) is 23.6 Å². The molecule has 1 aliphatic rings. The zero-order valence-corrected chi connectivity index (χ0v) is 6.73. The summed E-state index contributed by atoms with van der Waals surface area (Å²) < 4.78 is 0. The topological polar surface area (TPSA) is 17.1 Å². The van der Waals surface area contributed by atoms with Crippen LogP contribution in [-0.2, 0) is 4.79 Å². The Balaban J connectivity index is 2.37. The highest BCUT2D eigenvalue weighted by Crippen LogP contribution is 2.20. The molecule has 0 amide bonds. The number of carbonyl (C=O) groups excluding carboxylic acids is 1. The number of allylic oxidation sites excluding steroid dienone is 2. The summed E-state index contributed by atoms with van der Waals surface area (Å²) in [6.45, 7) is 1.63. The largest absolute Gasteiger partial charge is 0.300 e. The molecular formula is C8H10OS. The van der Waals surface area contributed by atoms with Crippen molar-refractivity contribution in [1.82, 2.24) is 0 Å². The second-order valence-electron chi connectivity index (χ2n) is 2.29. The fourth-order valence-electron chi connectivity index (χ4n) is 0.825. The zero-order chi connectivity index (χ0) is 7.40. The molecule has 0 aliphatic carbocycles. The summed E-state index contributed by atoms with van der Waals surface area (Å²) in [4.78, 5) is 10.6. The van der Waals surface area contributed by atoms with E-state index in [0.717, 1.165) is 0 Å². The van der Waals surface area contributed by atoms with Crippen LogP contribution in [-0.4, -0.2) is 11.0 Å². The van der Waals surface area contributed by atoms with Crippen LogP contribution in [0.5, 0.6) is 0 Å². The minimum absolute atomic E-state index is 0.262. The Labute approximate surface area is 65.2 Å². The lowest BCUT2D eigenvalue weighted by molar-refractivity contribution is -0.116. The summed E-state index contributed by atoms with van der Waals surface area (Å²) in [5.41, 5.74) is 0. The maximum Gasteiger partial charge on any atom is 0.131 e. The molecule has 1 atom stereocenters. The Bertz CT molecular complexity index is 182. The van der Waals surface area contributed by atoms with E-state index in [1.54, 1.807) is 18.7 Å². The number of rotatable bonds is 2. The SMILES string of the molecule is CC(=O)CC1C=CC=CS1. The van der Waals surface area contributed by atoms with Crippen LogP contribution in [0.15, 0.2) is 23.6 Å². The van der Waals surface area contributed by atoms with Gasteiger partial charge in [-0.25, -0.2) is 0 Å². The minimum atomic E-state index is 0.262. The third kappa shape index (κ3) is 2.40. The lowest BCUT2D eigenvalue weighted by Gasteiger charge is -2.08. The molecule has 0 radical (unpaired) electrons. The van der Waals surface area contributed by atoms with E-state index in [4.69, 9.17) is 0 Å². The first-order chi connectivity index (χ1) is 4.79. The fraction of sp³-hybridized carbons (Fsp3) is 0.375. The molecule has 54 valence electrons. The lowest BCUT2D eigenvalue weighted by atomic mass is 10.2. The molecule has 0 saturated heterocycles. The van der Waals surface area contributed by atoms with Crippen molar-refractivity contribution in [1.29, 1.82) is 0 Å². The van der Waals surface area contributed by atoms with E-state index in [9.17, 15) is 4.79 Å². The number of carbonyl (C=O) groups is 1. The van der Waals surface area contributed by atoms with E-state index < -0.39 is 0 Å². The Kier molecular flexibility index (Phi) is 2.75. The van der Waals surface area contributed by atoms with E-state index in [0.29, 0.717) is 11.7 Å². The van der Waals surface area contributed by atoms with Gasteiger partial charge in [0.25, 0.3) is 0 Å². The number of hydrogen-bond donors (Lipinski definition) is 0. The standard InChI is InChI=1S/C8H10OS/c1-7(9)6-8-4-2-3-5-10-8/h2-5,8H,6H2,1H3. The molecule has 1 heterocycles. The second-order valence-corrected chi connectivity index (χ2v) is 3.44. The van der Waals surface area contributed by atoms with Crippen molar-refractivity contribution >= 4 is 17.5 Å². The van der Waals surface area contributed by atoms with Crippen LogP contribution in [0.1, 0.15) is 13.3 Å². The van der Waals surface area contributed by atoms with Crippen molar-refractivity contribution in [2.75, 3.05) is 0 Å². The van der Waals surface area contributed by atoms with Gasteiger partial charge in [0.15, 0.2) is 0 Å². The molecule has 1 unspecified atom stereocenters. The number of ketones is 1. The van der Waals surface area contributed by atoms with Crippen LogP contribution in [0.3, 0.4) is 0 Å². The molecule has 0 bridgehead atoms. The Morgan fingerprint density at radius 1 is 1.60 bits per heavy atom. The quantitative estimate of drug-likeness (QED) is 0.606. The smallest absolute Gasteiger partial charge is 0.131 e. The van der Waals surface area contributed by atoms with Crippen molar-refractivity contribution < 1.29 is 4.79 Å². The molecular weight excluding hydrogens is 144 g/mol. The number of Topliss-reactive ketones (excluding diaryl/α,β-unsaturated/α-hetero) is 1. The first-order valence-corrected chi connectivity index (χ1v) is 4.21. The van der Waals surface area contributed by atoms with Crippen molar-refractivity contribution in [2.45, 2.75) is 18.6 Å². The van der Waals surface area contributed by atoms with Gasteiger partial charge < -0.3 is 0 Å². The third-order valence-corrected chi connectivity index (χ3v) is 2.25. The van der Waals surface area contributed by atoms with Gasteiger partial charge >= 0.3 is 0 Å². The molecule has 0 saturated carbocycles. The number of thioether (sulfide) groups is 1. The average molecular weight is 154 g/mol. The van der Waals surface area contributed by atoms with E-state index in [-0.39, 0.29) is 5.78 Å². The highest BCUT2D eigenvalue weighted by Gasteiger charge is 2.07. The Morgan fingerprint density at radius 3 is 2.90 bits per heavy atom. The summed E-state index contributed by atoms with van der Waals surface area (Å²) in [7, 11) is 0. The van der Waals surface area contributed by atoms with E-state index in [1.165, 1.54) is 0 Å². The molecule has 0 aromatic carbocycles. The third-order valence-electron chi connectivity index (χ3n) is 1.26. The van der Waals surface area contributed by atoms with Gasteiger partial charge in [-0.2, -0.15) is 0 Å². The van der Waals surface area contributed by atoms with Crippen molar-refractivity contribution in [3.8, 4) is 0 Å². The summed E-state index contributed by atoms with van der Waals surface area (Å²) in [5, 5.41) is 2.40. The predicted octanol–water partition coefficient (Wildman–Crippen LogP) is 2.15. The predicted molar refractivity (Wildman–Crippen MR) is 45.0 cm³/mol. The monoisotopic (exact) mass is 154 g/mol. The van der Waals surface area contributed by atoms with Crippen LogP contribution in [0.2, 0.25) is 0 Å². The zero-order valence-electron chi connectivity index (χ0n) is 5.91. The van der Waals surface area contributed by atoms with Gasteiger partial charge in [0.1, 0.15) is 5.78 Å². The molecule has 1 aliphatic heterocycles. The van der Waals surface area contributed by atoms with Crippen LogP contribution < -0.4 is 0 Å². The molecule has 0 aromatic heterocycles. The summed E-state index contributed by atoms with van der Waals surface area (Å²) in [5.74, 6) is 0.262. The molecule has 0 aromatic rings. The van der Waals surface area contributed by atoms with Gasteiger partial charge in [0.05, 0.1) is 0 Å². The molecule has 10 heavy (non-hydrogen) atoms. The Hall–Kier alpha value is -0.500. The van der Waals surface area contributed by atoms with Crippen molar-refractivity contribution in [3.63, 3.8) is 0 Å². The molecule has 0 N–H and O–H groups in total. The van der Waals surface area contributed by atoms with Crippen molar-refractivity contribution in [2.24, 2.45) is 0 Å². The van der Waals surface area contributed by atoms with Gasteiger partial charge in [-0.05, 0) is 12.3 Å². The molecule has 1 nitrogen and oxygen atoms in total. The Morgan fingerprint density at radius 2 is 2.40 bits per heavy atom. The van der Waals surface area contributed by atoms with Crippen LogP contribution in [0, 0.1) is 0 Å². The van der Waals surface area contributed by atoms with Gasteiger partial charge in [-0.3, -0.25) is 4.79 Å². The van der Waals surface area contributed by atoms with Crippen LogP contribution in [0.25, 0.3) is 0 Å². The van der Waals surface area contributed by atoms with Gasteiger partial charge in [-0.15, -0.1) is 11.8 Å². The van der Waals surface area contributed by atoms with Gasteiger partial charge in [0, 0.05) is 11.7 Å². The summed E-state index contributed by atoms with van der Waals surface area (Å²) in [6, 6.07) is 0. The molecule has 1 rings (SSSR count). The maximum absolute atomic E-state index is 10.6. The summed E-state index contributed by atoms with van der Waals surface area (Å²) >= 11 is 1.70. The normalized spacial score (nSPS) is 23.1. The lowest BCUT2D eigenvalue weighted by Crippen LogP contribution is -2.04. The fourth-order valence-corrected chi connectivity index (χ4v) is 1.72. The maximum atomic E-state index is 10.6. The number of hydrogen-bond acceptors (Lipinski definition) is 2. The second kappa shape index (κ2) is 3.62. The minimum Gasteiger partial charge on any atom is -0.300 e. The molecule has 0 spiro atoms. The molecule has 0 fully saturated rings. The van der Waals surface area contributed by atoms with Gasteiger partial charge in [0.2, 0.25) is 0 Å². The van der Waals surface area contributed by atoms with Crippen LogP contribution in [0.4, 0.5) is 0 Å². The molecule has 2 heteroatoms. The average Bonchev–Trinajstić information content (AvgIpc) is 1.88. The highest BCUT2D eigenvalue weighted by molar-refractivity contribution is 8.02. The first-order valence-electron chi connectivity index (χ1n) is 3.27.